The lowest BCUT2D eigenvalue weighted by Crippen LogP contribution is -2.03. The minimum atomic E-state index is -0.369. The van der Waals surface area contributed by atoms with Crippen molar-refractivity contribution in [1.82, 2.24) is 4.98 Å². The van der Waals surface area contributed by atoms with Gasteiger partial charge in [-0.2, -0.15) is 0 Å². The Hall–Kier alpha value is -1.46. The van der Waals surface area contributed by atoms with Gasteiger partial charge in [-0.1, -0.05) is 15.9 Å². The number of ether oxygens (including phenoxy) is 1. The average Bonchev–Trinajstić information content (AvgIpc) is 2.37. The van der Waals surface area contributed by atoms with E-state index in [0.29, 0.717) is 17.9 Å². The fourth-order valence-corrected chi connectivity index (χ4v) is 1.95. The molecule has 0 radical (unpaired) electrons. The van der Waals surface area contributed by atoms with E-state index in [1.165, 1.54) is 6.07 Å². The Balaban J connectivity index is 2.10. The number of pyridine rings is 1. The molecule has 1 aromatic carbocycles. The lowest BCUT2D eigenvalue weighted by molar-refractivity contribution is 0.302. The number of rotatable bonds is 4. The highest BCUT2D eigenvalue weighted by atomic mass is 79.9. The van der Waals surface area contributed by atoms with E-state index in [1.54, 1.807) is 6.20 Å². The largest absolute Gasteiger partial charge is 0.489 e. The van der Waals surface area contributed by atoms with Gasteiger partial charge in [-0.25, -0.2) is 4.39 Å². The van der Waals surface area contributed by atoms with Crippen LogP contribution >= 0.6 is 15.9 Å². The summed E-state index contributed by atoms with van der Waals surface area (Å²) < 4.78 is 19.5. The zero-order chi connectivity index (χ0) is 13.0. The summed E-state index contributed by atoms with van der Waals surface area (Å²) in [7, 11) is 0. The van der Waals surface area contributed by atoms with E-state index in [2.05, 4.69) is 20.9 Å². The number of nitrogens with zero attached hydrogens (tertiary/aromatic N) is 1. The van der Waals surface area contributed by atoms with Crippen LogP contribution in [0.3, 0.4) is 0 Å². The smallest absolute Gasteiger partial charge is 0.141 e. The maximum absolute atomic E-state index is 12.9. The van der Waals surface area contributed by atoms with Gasteiger partial charge in [-0.05, 0) is 24.3 Å². The minimum Gasteiger partial charge on any atom is -0.489 e. The molecule has 0 unspecified atom stereocenters. The first-order chi connectivity index (χ1) is 8.69. The maximum atomic E-state index is 12.9. The summed E-state index contributed by atoms with van der Waals surface area (Å²) in [6, 6.07) is 7.00. The standard InChI is InChI=1S/C13H12BrFN2O/c14-11-1-2-13(10(4-11)5-16)18-8-9-3-12(15)7-17-6-9/h1-4,6-7H,5,8,16H2. The highest BCUT2D eigenvalue weighted by Crippen LogP contribution is 2.23. The molecule has 94 valence electrons. The number of nitrogens with two attached hydrogens (primary N) is 1. The zero-order valence-corrected chi connectivity index (χ0v) is 11.2. The molecule has 0 amide bonds. The van der Waals surface area contributed by atoms with Crippen molar-refractivity contribution in [2.75, 3.05) is 0 Å². The first-order valence-electron chi connectivity index (χ1n) is 5.40. The molecule has 0 saturated heterocycles. The third-order valence-corrected chi connectivity index (χ3v) is 2.89. The fourth-order valence-electron chi connectivity index (χ4n) is 1.54. The quantitative estimate of drug-likeness (QED) is 0.944. The van der Waals surface area contributed by atoms with Gasteiger partial charge in [0, 0.05) is 28.3 Å². The molecule has 3 nitrogen and oxygen atoms in total. The Labute approximate surface area is 113 Å². The van der Waals surface area contributed by atoms with Crippen molar-refractivity contribution < 1.29 is 9.13 Å². The molecular weight excluding hydrogens is 299 g/mol. The van der Waals surface area contributed by atoms with Crippen LogP contribution in [-0.2, 0) is 13.2 Å². The van der Waals surface area contributed by atoms with Crippen LogP contribution in [0.5, 0.6) is 5.75 Å². The molecule has 0 fully saturated rings. The third kappa shape index (κ3) is 3.27. The molecule has 18 heavy (non-hydrogen) atoms. The van der Waals surface area contributed by atoms with Gasteiger partial charge in [0.05, 0.1) is 6.20 Å². The minimum absolute atomic E-state index is 0.263. The molecule has 0 bridgehead atoms. The summed E-state index contributed by atoms with van der Waals surface area (Å²) in [5, 5.41) is 0. The highest BCUT2D eigenvalue weighted by molar-refractivity contribution is 9.10. The topological polar surface area (TPSA) is 48.1 Å². The third-order valence-electron chi connectivity index (χ3n) is 2.40. The molecule has 2 N–H and O–H groups in total. The highest BCUT2D eigenvalue weighted by Gasteiger charge is 2.04. The summed E-state index contributed by atoms with van der Waals surface area (Å²) in [6.07, 6.45) is 2.73. The number of hydrogen-bond acceptors (Lipinski definition) is 3. The molecule has 1 aromatic heterocycles. The summed E-state index contributed by atoms with van der Waals surface area (Å²) in [5.74, 6) is 0.330. The summed E-state index contributed by atoms with van der Waals surface area (Å²) in [6.45, 7) is 0.648. The van der Waals surface area contributed by atoms with E-state index >= 15 is 0 Å². The zero-order valence-electron chi connectivity index (χ0n) is 9.57. The van der Waals surface area contributed by atoms with Gasteiger partial charge >= 0.3 is 0 Å². The summed E-state index contributed by atoms with van der Waals surface area (Å²) in [4.78, 5) is 3.77. The van der Waals surface area contributed by atoms with Crippen molar-refractivity contribution >= 4 is 15.9 Å². The van der Waals surface area contributed by atoms with Crippen molar-refractivity contribution in [3.8, 4) is 5.75 Å². The molecule has 0 aliphatic rings. The van der Waals surface area contributed by atoms with Crippen LogP contribution in [0.1, 0.15) is 11.1 Å². The van der Waals surface area contributed by atoms with Crippen LogP contribution in [-0.4, -0.2) is 4.98 Å². The van der Waals surface area contributed by atoms with E-state index < -0.39 is 0 Å². The lowest BCUT2D eigenvalue weighted by atomic mass is 10.2. The number of benzene rings is 1. The fraction of sp³-hybridized carbons (Fsp3) is 0.154. The number of aromatic nitrogens is 1. The van der Waals surface area contributed by atoms with E-state index in [0.717, 1.165) is 16.2 Å². The Morgan fingerprint density at radius 3 is 2.83 bits per heavy atom. The first kappa shape index (κ1) is 13.0. The predicted molar refractivity (Wildman–Crippen MR) is 70.6 cm³/mol. The van der Waals surface area contributed by atoms with Crippen molar-refractivity contribution in [3.05, 3.63) is 58.1 Å². The van der Waals surface area contributed by atoms with Gasteiger partial charge in [0.1, 0.15) is 18.2 Å². The van der Waals surface area contributed by atoms with Gasteiger partial charge in [0.2, 0.25) is 0 Å². The Bertz CT molecular complexity index is 548. The molecule has 0 saturated carbocycles. The second kappa shape index (κ2) is 5.93. The predicted octanol–water partition coefficient (Wildman–Crippen LogP) is 3.02. The summed E-state index contributed by atoms with van der Waals surface area (Å²) in [5.41, 5.74) is 7.22. The second-order valence-corrected chi connectivity index (χ2v) is 4.67. The van der Waals surface area contributed by atoms with Crippen LogP contribution < -0.4 is 10.5 Å². The number of halogens is 2. The van der Waals surface area contributed by atoms with Crippen molar-refractivity contribution in [2.45, 2.75) is 13.2 Å². The molecule has 2 rings (SSSR count). The first-order valence-corrected chi connectivity index (χ1v) is 6.19. The van der Waals surface area contributed by atoms with Gasteiger partial charge in [-0.15, -0.1) is 0 Å². The van der Waals surface area contributed by atoms with E-state index in [-0.39, 0.29) is 12.4 Å². The Kier molecular flexibility index (Phi) is 4.28. The van der Waals surface area contributed by atoms with E-state index in [4.69, 9.17) is 10.5 Å². The molecule has 2 aromatic rings. The lowest BCUT2D eigenvalue weighted by Gasteiger charge is -2.10. The van der Waals surface area contributed by atoms with Gasteiger partial charge in [0.25, 0.3) is 0 Å². The van der Waals surface area contributed by atoms with Gasteiger partial charge in [-0.3, -0.25) is 4.98 Å². The maximum Gasteiger partial charge on any atom is 0.141 e. The van der Waals surface area contributed by atoms with Crippen LogP contribution in [0.25, 0.3) is 0 Å². The van der Waals surface area contributed by atoms with E-state index in [1.807, 2.05) is 18.2 Å². The van der Waals surface area contributed by atoms with Gasteiger partial charge in [0.15, 0.2) is 0 Å². The number of hydrogen-bond donors (Lipinski definition) is 1. The van der Waals surface area contributed by atoms with E-state index in [9.17, 15) is 4.39 Å². The van der Waals surface area contributed by atoms with Crippen molar-refractivity contribution in [2.24, 2.45) is 5.73 Å². The Morgan fingerprint density at radius 2 is 2.11 bits per heavy atom. The van der Waals surface area contributed by atoms with Crippen LogP contribution in [0.2, 0.25) is 0 Å². The molecule has 1 heterocycles. The van der Waals surface area contributed by atoms with Crippen LogP contribution in [0.15, 0.2) is 41.1 Å². The van der Waals surface area contributed by atoms with Crippen LogP contribution in [0.4, 0.5) is 4.39 Å². The second-order valence-electron chi connectivity index (χ2n) is 3.76. The van der Waals surface area contributed by atoms with Crippen LogP contribution in [0, 0.1) is 5.82 Å². The molecule has 0 atom stereocenters. The summed E-state index contributed by atoms with van der Waals surface area (Å²) >= 11 is 3.37. The molecule has 0 aliphatic heterocycles. The molecule has 0 spiro atoms. The SMILES string of the molecule is NCc1cc(Br)ccc1OCc1cncc(F)c1. The van der Waals surface area contributed by atoms with Crippen molar-refractivity contribution in [1.29, 1.82) is 0 Å². The molecular formula is C13H12BrFN2O. The Morgan fingerprint density at radius 1 is 1.28 bits per heavy atom. The monoisotopic (exact) mass is 310 g/mol. The average molecular weight is 311 g/mol. The van der Waals surface area contributed by atoms with Crippen molar-refractivity contribution in [3.63, 3.8) is 0 Å². The molecule has 5 heteroatoms. The normalized spacial score (nSPS) is 10.4. The molecule has 0 aliphatic carbocycles. The van der Waals surface area contributed by atoms with Gasteiger partial charge < -0.3 is 10.5 Å².